The fourth-order valence-corrected chi connectivity index (χ4v) is 2.48. The number of hydrogen-bond donors (Lipinski definition) is 1. The van der Waals surface area contributed by atoms with Gasteiger partial charge >= 0.3 is 5.69 Å². The Balaban J connectivity index is 2.09. The van der Waals surface area contributed by atoms with Crippen LogP contribution in [0.2, 0.25) is 0 Å². The summed E-state index contributed by atoms with van der Waals surface area (Å²) < 4.78 is 0. The molecule has 26 heavy (non-hydrogen) atoms. The fraction of sp³-hybridized carbons (Fsp3) is 0.111. The van der Waals surface area contributed by atoms with Crippen molar-refractivity contribution in [2.75, 3.05) is 29.4 Å². The molecule has 0 atom stereocenters. The van der Waals surface area contributed by atoms with E-state index in [4.69, 9.17) is 0 Å². The molecular weight excluding hydrogens is 332 g/mol. The Morgan fingerprint density at radius 3 is 1.92 bits per heavy atom. The van der Waals surface area contributed by atoms with Crippen LogP contribution in [-0.2, 0) is 0 Å². The van der Waals surface area contributed by atoms with E-state index in [1.165, 1.54) is 6.33 Å². The van der Waals surface area contributed by atoms with Crippen molar-refractivity contribution in [2.45, 2.75) is 0 Å². The van der Waals surface area contributed by atoms with Crippen LogP contribution >= 0.6 is 0 Å². The standard InChI is InChI=1S/C18H18N6O2/c1-22(2)18-16(24(25)26)17(19-13-20-18)21-23(14-9-5-3-6-10-14)15-11-7-4-8-12-15/h3-13H,1-2H3,(H,19,20,21). The molecule has 0 aliphatic heterocycles. The monoisotopic (exact) mass is 350 g/mol. The number of nitrogens with zero attached hydrogens (tertiary/aromatic N) is 5. The smallest absolute Gasteiger partial charge is 0.355 e. The summed E-state index contributed by atoms with van der Waals surface area (Å²) in [5.74, 6) is 0.343. The van der Waals surface area contributed by atoms with E-state index in [1.807, 2.05) is 60.7 Å². The number of hydrazine groups is 1. The van der Waals surface area contributed by atoms with Crippen molar-refractivity contribution < 1.29 is 4.92 Å². The minimum absolute atomic E-state index is 0.112. The van der Waals surface area contributed by atoms with Gasteiger partial charge in [-0.1, -0.05) is 36.4 Å². The summed E-state index contributed by atoms with van der Waals surface area (Å²) in [4.78, 5) is 20.9. The third kappa shape index (κ3) is 3.54. The highest BCUT2D eigenvalue weighted by atomic mass is 16.6. The maximum Gasteiger partial charge on any atom is 0.355 e. The van der Waals surface area contributed by atoms with E-state index in [-0.39, 0.29) is 17.3 Å². The van der Waals surface area contributed by atoms with Crippen LogP contribution in [0.25, 0.3) is 0 Å². The van der Waals surface area contributed by atoms with Gasteiger partial charge in [-0.2, -0.15) is 0 Å². The highest BCUT2D eigenvalue weighted by Crippen LogP contribution is 2.33. The highest BCUT2D eigenvalue weighted by molar-refractivity contribution is 5.75. The average molecular weight is 350 g/mol. The average Bonchev–Trinajstić information content (AvgIpc) is 2.67. The summed E-state index contributed by atoms with van der Waals surface area (Å²) in [7, 11) is 3.40. The molecule has 8 nitrogen and oxygen atoms in total. The molecule has 1 heterocycles. The molecule has 0 fully saturated rings. The zero-order chi connectivity index (χ0) is 18.5. The van der Waals surface area contributed by atoms with Crippen molar-refractivity contribution in [3.05, 3.63) is 77.1 Å². The van der Waals surface area contributed by atoms with E-state index in [0.717, 1.165) is 11.4 Å². The van der Waals surface area contributed by atoms with Gasteiger partial charge in [-0.15, -0.1) is 0 Å². The number of anilines is 4. The molecular formula is C18H18N6O2. The minimum Gasteiger partial charge on any atom is -0.357 e. The number of aromatic nitrogens is 2. The topological polar surface area (TPSA) is 87.4 Å². The second kappa shape index (κ2) is 7.47. The third-order valence-electron chi connectivity index (χ3n) is 3.66. The Morgan fingerprint density at radius 2 is 1.46 bits per heavy atom. The first-order valence-electron chi connectivity index (χ1n) is 7.91. The summed E-state index contributed by atoms with van der Waals surface area (Å²) >= 11 is 0. The van der Waals surface area contributed by atoms with E-state index in [9.17, 15) is 10.1 Å². The summed E-state index contributed by atoms with van der Waals surface area (Å²) in [6.45, 7) is 0. The molecule has 0 amide bonds. The molecule has 0 unspecified atom stereocenters. The van der Waals surface area contributed by atoms with Crippen LogP contribution in [0.4, 0.5) is 28.7 Å². The van der Waals surface area contributed by atoms with Crippen LogP contribution in [0.15, 0.2) is 67.0 Å². The molecule has 0 aliphatic carbocycles. The summed E-state index contributed by atoms with van der Waals surface area (Å²) in [6, 6.07) is 19.0. The van der Waals surface area contributed by atoms with Crippen LogP contribution in [-0.4, -0.2) is 29.0 Å². The number of hydrogen-bond acceptors (Lipinski definition) is 7. The van der Waals surface area contributed by atoms with Gasteiger partial charge in [-0.25, -0.2) is 9.97 Å². The largest absolute Gasteiger partial charge is 0.357 e. The highest BCUT2D eigenvalue weighted by Gasteiger charge is 2.26. The Bertz CT molecular complexity index is 847. The molecule has 8 heteroatoms. The zero-order valence-electron chi connectivity index (χ0n) is 14.4. The number of para-hydroxylation sites is 2. The Labute approximate surface area is 150 Å². The molecule has 3 aromatic rings. The maximum atomic E-state index is 11.6. The van der Waals surface area contributed by atoms with Crippen LogP contribution in [0.3, 0.4) is 0 Å². The SMILES string of the molecule is CN(C)c1ncnc(NN(c2ccccc2)c2ccccc2)c1[N+](=O)[O-]. The van der Waals surface area contributed by atoms with Gasteiger partial charge in [0, 0.05) is 14.1 Å². The van der Waals surface area contributed by atoms with Gasteiger partial charge < -0.3 is 4.90 Å². The first kappa shape index (κ1) is 17.2. The lowest BCUT2D eigenvalue weighted by atomic mass is 10.2. The van der Waals surface area contributed by atoms with E-state index in [2.05, 4.69) is 15.4 Å². The fourth-order valence-electron chi connectivity index (χ4n) is 2.48. The Morgan fingerprint density at radius 1 is 0.923 bits per heavy atom. The molecule has 0 aliphatic rings. The summed E-state index contributed by atoms with van der Waals surface area (Å²) in [6.07, 6.45) is 1.30. The molecule has 0 saturated heterocycles. The van der Waals surface area contributed by atoms with Crippen molar-refractivity contribution >= 4 is 28.7 Å². The predicted molar refractivity (Wildman–Crippen MR) is 102 cm³/mol. The molecule has 1 N–H and O–H groups in total. The Hall–Kier alpha value is -3.68. The van der Waals surface area contributed by atoms with Gasteiger partial charge in [-0.05, 0) is 24.3 Å². The quantitative estimate of drug-likeness (QED) is 0.536. The van der Waals surface area contributed by atoms with Crippen molar-refractivity contribution in [1.29, 1.82) is 0 Å². The maximum absolute atomic E-state index is 11.6. The van der Waals surface area contributed by atoms with Gasteiger partial charge in [0.2, 0.25) is 11.6 Å². The molecule has 0 bridgehead atoms. The molecule has 0 radical (unpaired) electrons. The molecule has 0 spiro atoms. The van der Waals surface area contributed by atoms with Gasteiger partial charge in [0.1, 0.15) is 6.33 Å². The van der Waals surface area contributed by atoms with E-state index < -0.39 is 4.92 Å². The minimum atomic E-state index is -0.480. The van der Waals surface area contributed by atoms with E-state index in [0.29, 0.717) is 0 Å². The van der Waals surface area contributed by atoms with Crippen LogP contribution in [0, 0.1) is 10.1 Å². The molecule has 3 rings (SSSR count). The van der Waals surface area contributed by atoms with Gasteiger partial charge in [0.15, 0.2) is 0 Å². The zero-order valence-corrected chi connectivity index (χ0v) is 14.4. The third-order valence-corrected chi connectivity index (χ3v) is 3.66. The summed E-state index contributed by atoms with van der Waals surface area (Å²) in [5, 5.41) is 13.4. The van der Waals surface area contributed by atoms with Crippen LogP contribution in [0.5, 0.6) is 0 Å². The van der Waals surface area contributed by atoms with Crippen LogP contribution in [0.1, 0.15) is 0 Å². The Kier molecular flexibility index (Phi) is 4.93. The van der Waals surface area contributed by atoms with E-state index >= 15 is 0 Å². The molecule has 0 saturated carbocycles. The van der Waals surface area contributed by atoms with Gasteiger partial charge in [0.25, 0.3) is 0 Å². The number of nitrogens with one attached hydrogen (secondary N) is 1. The lowest BCUT2D eigenvalue weighted by Crippen LogP contribution is -2.26. The molecule has 2 aromatic carbocycles. The molecule has 132 valence electrons. The number of rotatable bonds is 6. The van der Waals surface area contributed by atoms with Crippen LogP contribution < -0.4 is 15.3 Å². The van der Waals surface area contributed by atoms with Crippen molar-refractivity contribution in [3.63, 3.8) is 0 Å². The van der Waals surface area contributed by atoms with Gasteiger partial charge in [-0.3, -0.25) is 20.5 Å². The normalized spacial score (nSPS) is 10.2. The summed E-state index contributed by atoms with van der Waals surface area (Å²) in [5.41, 5.74) is 4.52. The van der Waals surface area contributed by atoms with E-state index in [1.54, 1.807) is 24.0 Å². The predicted octanol–water partition coefficient (Wildman–Crippen LogP) is 3.62. The molecule has 1 aromatic heterocycles. The lowest BCUT2D eigenvalue weighted by molar-refractivity contribution is -0.383. The number of benzene rings is 2. The van der Waals surface area contributed by atoms with Crippen molar-refractivity contribution in [1.82, 2.24) is 9.97 Å². The van der Waals surface area contributed by atoms with Crippen molar-refractivity contribution in [2.24, 2.45) is 0 Å². The second-order valence-corrected chi connectivity index (χ2v) is 5.66. The first-order chi connectivity index (χ1) is 12.6. The first-order valence-corrected chi connectivity index (χ1v) is 7.91. The lowest BCUT2D eigenvalue weighted by Gasteiger charge is -2.26. The second-order valence-electron chi connectivity index (χ2n) is 5.66. The van der Waals surface area contributed by atoms with Gasteiger partial charge in [0.05, 0.1) is 16.3 Å². The van der Waals surface area contributed by atoms with Crippen molar-refractivity contribution in [3.8, 4) is 0 Å². The number of nitro groups is 1.